The highest BCUT2D eigenvalue weighted by Crippen LogP contribution is 2.39. The van der Waals surface area contributed by atoms with Gasteiger partial charge < -0.3 is 4.74 Å². The van der Waals surface area contributed by atoms with Crippen LogP contribution in [-0.2, 0) is 9.59 Å². The summed E-state index contributed by atoms with van der Waals surface area (Å²) in [5, 5.41) is 0. The Morgan fingerprint density at radius 2 is 1.67 bits per heavy atom. The molecule has 0 N–H and O–H groups in total. The first-order valence-electron chi connectivity index (χ1n) is 10.2. The molecule has 27 heavy (non-hydrogen) atoms. The van der Waals surface area contributed by atoms with Crippen LogP contribution < -0.4 is 4.74 Å². The van der Waals surface area contributed by atoms with Crippen molar-refractivity contribution in [2.24, 2.45) is 0 Å². The molecule has 1 aliphatic heterocycles. The third kappa shape index (κ3) is 4.40. The first-order valence-corrected chi connectivity index (χ1v) is 11.1. The maximum absolute atomic E-state index is 13.3. The molecule has 0 radical (unpaired) electrons. The van der Waals surface area contributed by atoms with E-state index in [0.717, 1.165) is 49.2 Å². The van der Waals surface area contributed by atoms with Gasteiger partial charge >= 0.3 is 0 Å². The summed E-state index contributed by atoms with van der Waals surface area (Å²) in [5.74, 6) is 1.35. The van der Waals surface area contributed by atoms with Gasteiger partial charge in [0.25, 0.3) is 11.8 Å². The summed E-state index contributed by atoms with van der Waals surface area (Å²) in [6.45, 7) is 4.76. The van der Waals surface area contributed by atoms with Crippen LogP contribution in [0.5, 0.6) is 5.75 Å². The smallest absolute Gasteiger partial charge is 0.268 e. The lowest BCUT2D eigenvalue weighted by Crippen LogP contribution is -2.40. The lowest BCUT2D eigenvalue weighted by Gasteiger charge is -2.25. The molecule has 1 heterocycles. The van der Waals surface area contributed by atoms with Crippen LogP contribution in [0.25, 0.3) is 5.57 Å². The third-order valence-corrected chi connectivity index (χ3v) is 6.12. The largest absolute Gasteiger partial charge is 0.494 e. The van der Waals surface area contributed by atoms with Crippen molar-refractivity contribution in [2.45, 2.75) is 64.8 Å². The second-order valence-electron chi connectivity index (χ2n) is 7.14. The fourth-order valence-corrected chi connectivity index (χ4v) is 4.70. The Morgan fingerprint density at radius 1 is 1.00 bits per heavy atom. The van der Waals surface area contributed by atoms with Gasteiger partial charge in [0.15, 0.2) is 0 Å². The Balaban J connectivity index is 1.88. The van der Waals surface area contributed by atoms with Crippen molar-refractivity contribution >= 4 is 29.1 Å². The Labute approximate surface area is 166 Å². The lowest BCUT2D eigenvalue weighted by atomic mass is 10.0. The summed E-state index contributed by atoms with van der Waals surface area (Å²) >= 11 is 1.48. The van der Waals surface area contributed by atoms with Crippen molar-refractivity contribution in [3.63, 3.8) is 0 Å². The second-order valence-corrected chi connectivity index (χ2v) is 8.41. The summed E-state index contributed by atoms with van der Waals surface area (Å²) < 4.78 is 5.64. The van der Waals surface area contributed by atoms with Gasteiger partial charge in [-0.25, -0.2) is 0 Å². The minimum absolute atomic E-state index is 0.0459. The highest BCUT2D eigenvalue weighted by molar-refractivity contribution is 8.04. The van der Waals surface area contributed by atoms with E-state index in [-0.39, 0.29) is 17.9 Å². The van der Waals surface area contributed by atoms with Gasteiger partial charge in [-0.3, -0.25) is 14.5 Å². The van der Waals surface area contributed by atoms with Crippen molar-refractivity contribution in [2.75, 3.05) is 12.4 Å². The number of carbonyl (C=O) groups excluding carboxylic acids is 2. The minimum atomic E-state index is -0.120. The van der Waals surface area contributed by atoms with Gasteiger partial charge in [-0.15, -0.1) is 11.8 Å². The average Bonchev–Trinajstić information content (AvgIpc) is 2.86. The topological polar surface area (TPSA) is 46.6 Å². The number of hydrogen-bond donors (Lipinski definition) is 0. The summed E-state index contributed by atoms with van der Waals surface area (Å²) in [6.07, 6.45) is 7.39. The molecule has 0 atom stereocenters. The highest BCUT2D eigenvalue weighted by atomic mass is 32.2. The molecular weight excluding hydrogens is 358 g/mol. The molecule has 1 aromatic carbocycles. The van der Waals surface area contributed by atoms with E-state index in [1.54, 1.807) is 4.90 Å². The molecule has 5 heteroatoms. The van der Waals surface area contributed by atoms with Gasteiger partial charge in [-0.2, -0.15) is 0 Å². The van der Waals surface area contributed by atoms with Gasteiger partial charge in [0.1, 0.15) is 5.75 Å². The molecule has 146 valence electrons. The molecule has 0 spiro atoms. The van der Waals surface area contributed by atoms with Crippen LogP contribution in [0.3, 0.4) is 0 Å². The molecular formula is C22H29NO3S. The maximum atomic E-state index is 13.3. The van der Waals surface area contributed by atoms with E-state index in [1.165, 1.54) is 24.6 Å². The molecule has 0 aromatic heterocycles. The number of amides is 2. The lowest BCUT2D eigenvalue weighted by molar-refractivity contribution is -0.139. The second kappa shape index (κ2) is 9.45. The summed E-state index contributed by atoms with van der Waals surface area (Å²) in [5.41, 5.74) is 1.38. The van der Waals surface area contributed by atoms with Crippen LogP contribution in [0.4, 0.5) is 0 Å². The highest BCUT2D eigenvalue weighted by Gasteiger charge is 2.42. The molecule has 0 bridgehead atoms. The summed E-state index contributed by atoms with van der Waals surface area (Å²) in [4.78, 5) is 28.5. The number of hydrogen-bond acceptors (Lipinski definition) is 4. The fraction of sp³-hybridized carbons (Fsp3) is 0.545. The van der Waals surface area contributed by atoms with E-state index < -0.39 is 0 Å². The van der Waals surface area contributed by atoms with Crippen LogP contribution in [0.1, 0.15) is 64.4 Å². The molecule has 1 aromatic rings. The first-order chi connectivity index (χ1) is 13.2. The molecule has 3 rings (SSSR count). The monoisotopic (exact) mass is 387 g/mol. The van der Waals surface area contributed by atoms with Crippen molar-refractivity contribution in [3.05, 3.63) is 34.7 Å². The predicted molar refractivity (Wildman–Crippen MR) is 111 cm³/mol. The van der Waals surface area contributed by atoms with Crippen LogP contribution >= 0.6 is 11.8 Å². The quantitative estimate of drug-likeness (QED) is 0.486. The van der Waals surface area contributed by atoms with E-state index in [4.69, 9.17) is 4.74 Å². The van der Waals surface area contributed by atoms with E-state index in [9.17, 15) is 9.59 Å². The van der Waals surface area contributed by atoms with Crippen LogP contribution in [0.15, 0.2) is 29.2 Å². The van der Waals surface area contributed by atoms with E-state index in [2.05, 4.69) is 6.92 Å². The number of imide groups is 1. The first kappa shape index (κ1) is 20.0. The fourth-order valence-electron chi connectivity index (χ4n) is 3.84. The number of nitrogens with zero attached hydrogens (tertiary/aromatic N) is 1. The van der Waals surface area contributed by atoms with Crippen LogP contribution in [0.2, 0.25) is 0 Å². The molecule has 2 aliphatic rings. The SMILES string of the molecule is CCCOc1ccc(C2=C(SCC)C(=O)N(C3CCCCCC3)C2=O)cc1. The zero-order chi connectivity index (χ0) is 19.2. The standard InChI is InChI=1S/C22H29NO3S/c1-3-15-26-18-13-11-16(12-14-18)19-20(27-4-2)22(25)23(21(19)24)17-9-7-5-6-8-10-17/h11-14,17H,3-10,15H2,1-2H3. The van der Waals surface area contributed by atoms with Gasteiger partial charge in [0.2, 0.25) is 0 Å². The van der Waals surface area contributed by atoms with Gasteiger partial charge in [-0.1, -0.05) is 51.7 Å². The van der Waals surface area contributed by atoms with Crippen molar-refractivity contribution in [1.29, 1.82) is 0 Å². The van der Waals surface area contributed by atoms with E-state index >= 15 is 0 Å². The molecule has 1 saturated carbocycles. The average molecular weight is 388 g/mol. The van der Waals surface area contributed by atoms with Crippen LogP contribution in [-0.4, -0.2) is 35.1 Å². The van der Waals surface area contributed by atoms with Gasteiger partial charge in [0.05, 0.1) is 17.1 Å². The maximum Gasteiger partial charge on any atom is 0.268 e. The molecule has 4 nitrogen and oxygen atoms in total. The zero-order valence-electron chi connectivity index (χ0n) is 16.3. The Morgan fingerprint density at radius 3 is 2.26 bits per heavy atom. The predicted octanol–water partition coefficient (Wildman–Crippen LogP) is 5.03. The molecule has 0 unspecified atom stereocenters. The van der Waals surface area contributed by atoms with Gasteiger partial charge in [-0.05, 0) is 42.7 Å². The zero-order valence-corrected chi connectivity index (χ0v) is 17.1. The number of thioether (sulfide) groups is 1. The summed E-state index contributed by atoms with van der Waals surface area (Å²) in [7, 11) is 0. The van der Waals surface area contributed by atoms with Crippen molar-refractivity contribution in [3.8, 4) is 5.75 Å². The van der Waals surface area contributed by atoms with Gasteiger partial charge in [0, 0.05) is 6.04 Å². The molecule has 2 amide bonds. The molecule has 1 fully saturated rings. The Kier molecular flexibility index (Phi) is 7.00. The minimum Gasteiger partial charge on any atom is -0.494 e. The van der Waals surface area contributed by atoms with E-state index in [0.29, 0.717) is 17.1 Å². The number of benzene rings is 1. The number of ether oxygens (including phenoxy) is 1. The molecule has 0 saturated heterocycles. The normalized spacial score (nSPS) is 19.0. The Bertz CT molecular complexity index is 703. The summed E-state index contributed by atoms with van der Waals surface area (Å²) in [6, 6.07) is 7.62. The number of carbonyl (C=O) groups is 2. The third-order valence-electron chi connectivity index (χ3n) is 5.17. The van der Waals surface area contributed by atoms with E-state index in [1.807, 2.05) is 31.2 Å². The molecule has 1 aliphatic carbocycles. The van der Waals surface area contributed by atoms with Crippen LogP contribution in [0, 0.1) is 0 Å². The number of rotatable bonds is 7. The Hall–Kier alpha value is -1.75. The van der Waals surface area contributed by atoms with Crippen molar-refractivity contribution in [1.82, 2.24) is 4.90 Å². The van der Waals surface area contributed by atoms with Crippen molar-refractivity contribution < 1.29 is 14.3 Å².